The van der Waals surface area contributed by atoms with Crippen LogP contribution in [0.25, 0.3) is 32.3 Å². The van der Waals surface area contributed by atoms with Gasteiger partial charge in [0.25, 0.3) is 0 Å². The molecule has 0 aliphatic heterocycles. The predicted octanol–water partition coefficient (Wildman–Crippen LogP) is 6.48. The number of benzene rings is 4. The van der Waals surface area contributed by atoms with Gasteiger partial charge in [-0.15, -0.1) is 0 Å². The van der Waals surface area contributed by atoms with E-state index in [1.54, 1.807) is 0 Å². The summed E-state index contributed by atoms with van der Waals surface area (Å²) in [5.74, 6) is 0. The summed E-state index contributed by atoms with van der Waals surface area (Å²) in [6, 6.07) is 24.2. The molecule has 0 heterocycles. The largest absolute Gasteiger partial charge is 0.0683 e. The monoisotopic (exact) mass is 272 g/mol. The van der Waals surface area contributed by atoms with E-state index in [4.69, 9.17) is 0 Å². The second-order valence-corrected chi connectivity index (χ2v) is 5.17. The number of hydrogen-bond acceptors (Lipinski definition) is 0. The van der Waals surface area contributed by atoms with Gasteiger partial charge < -0.3 is 0 Å². The molecule has 0 amide bonds. The molecule has 0 atom stereocenters. The summed E-state index contributed by atoms with van der Waals surface area (Å²) in [5.41, 5.74) is 1.31. The summed E-state index contributed by atoms with van der Waals surface area (Å²) in [5, 5.41) is 7.99. The Morgan fingerprint density at radius 3 is 1.86 bits per heavy atom. The highest BCUT2D eigenvalue weighted by Gasteiger charge is 2.04. The number of rotatable bonds is 0. The zero-order chi connectivity index (χ0) is 14.8. The third kappa shape index (κ3) is 2.27. The van der Waals surface area contributed by atoms with Crippen LogP contribution in [0, 0.1) is 6.92 Å². The summed E-state index contributed by atoms with van der Waals surface area (Å²) >= 11 is 0. The molecule has 0 aliphatic rings. The second kappa shape index (κ2) is 5.57. The van der Waals surface area contributed by atoms with E-state index in [2.05, 4.69) is 73.7 Å². The van der Waals surface area contributed by atoms with E-state index in [-0.39, 0.29) is 0 Å². The van der Waals surface area contributed by atoms with Crippen LogP contribution in [-0.2, 0) is 0 Å². The molecule has 0 bridgehead atoms. The highest BCUT2D eigenvalue weighted by atomic mass is 14.1. The maximum atomic E-state index is 2.25. The number of aryl methyl sites for hydroxylation is 1. The molecule has 0 saturated heterocycles. The molecule has 0 nitrogen and oxygen atoms in total. The Morgan fingerprint density at radius 2 is 1.10 bits per heavy atom. The van der Waals surface area contributed by atoms with Crippen molar-refractivity contribution in [2.75, 3.05) is 0 Å². The Kier molecular flexibility index (Phi) is 3.62. The van der Waals surface area contributed by atoms with E-state index in [1.807, 2.05) is 13.8 Å². The van der Waals surface area contributed by atoms with Gasteiger partial charge in [-0.05, 0) is 39.2 Å². The molecule has 4 aromatic rings. The first-order valence-corrected chi connectivity index (χ1v) is 7.64. The van der Waals surface area contributed by atoms with Crippen molar-refractivity contribution in [1.82, 2.24) is 0 Å². The topological polar surface area (TPSA) is 0 Å². The predicted molar refractivity (Wildman–Crippen MR) is 95.0 cm³/mol. The maximum Gasteiger partial charge on any atom is -0.00990 e. The first-order chi connectivity index (χ1) is 10.3. The van der Waals surface area contributed by atoms with Crippen molar-refractivity contribution >= 4 is 32.3 Å². The summed E-state index contributed by atoms with van der Waals surface area (Å²) in [6.07, 6.45) is 0. The minimum atomic E-state index is 1.31. The fourth-order valence-corrected chi connectivity index (χ4v) is 2.95. The van der Waals surface area contributed by atoms with Crippen molar-refractivity contribution in [3.05, 3.63) is 72.3 Å². The van der Waals surface area contributed by atoms with Gasteiger partial charge in [0.15, 0.2) is 0 Å². The number of hydrogen-bond donors (Lipinski definition) is 0. The van der Waals surface area contributed by atoms with Crippen molar-refractivity contribution in [3.8, 4) is 0 Å². The van der Waals surface area contributed by atoms with Crippen LogP contribution in [0.4, 0.5) is 0 Å². The van der Waals surface area contributed by atoms with Crippen LogP contribution in [0.3, 0.4) is 0 Å². The van der Waals surface area contributed by atoms with Gasteiger partial charge in [-0.3, -0.25) is 0 Å². The fraction of sp³-hybridized carbons (Fsp3) is 0.143. The van der Waals surface area contributed by atoms with Gasteiger partial charge >= 0.3 is 0 Å². The van der Waals surface area contributed by atoms with Gasteiger partial charge in [-0.2, -0.15) is 0 Å². The van der Waals surface area contributed by atoms with Crippen molar-refractivity contribution < 1.29 is 0 Å². The van der Waals surface area contributed by atoms with E-state index in [1.165, 1.54) is 37.9 Å². The van der Waals surface area contributed by atoms with Crippen LogP contribution >= 0.6 is 0 Å². The molecule has 4 rings (SSSR count). The third-order valence-corrected chi connectivity index (χ3v) is 3.90. The van der Waals surface area contributed by atoms with E-state index in [9.17, 15) is 0 Å². The molecule has 4 aromatic carbocycles. The van der Waals surface area contributed by atoms with Crippen LogP contribution < -0.4 is 0 Å². The SMILES string of the molecule is CC.Cc1ccc2c(ccc3c4ccccc4ccc23)c1. The molecule has 0 spiro atoms. The minimum Gasteiger partial charge on any atom is -0.0683 e. The lowest BCUT2D eigenvalue weighted by Gasteiger charge is -2.08. The fourth-order valence-electron chi connectivity index (χ4n) is 2.95. The summed E-state index contributed by atoms with van der Waals surface area (Å²) < 4.78 is 0. The molecule has 0 aliphatic carbocycles. The van der Waals surface area contributed by atoms with Crippen molar-refractivity contribution in [2.24, 2.45) is 0 Å². The van der Waals surface area contributed by atoms with Gasteiger partial charge in [-0.25, -0.2) is 0 Å². The molecule has 104 valence electrons. The van der Waals surface area contributed by atoms with Crippen LogP contribution in [0.5, 0.6) is 0 Å². The van der Waals surface area contributed by atoms with Crippen molar-refractivity contribution in [1.29, 1.82) is 0 Å². The van der Waals surface area contributed by atoms with Gasteiger partial charge in [0.05, 0.1) is 0 Å². The van der Waals surface area contributed by atoms with E-state index >= 15 is 0 Å². The van der Waals surface area contributed by atoms with Gasteiger partial charge in [-0.1, -0.05) is 86.1 Å². The van der Waals surface area contributed by atoms with Gasteiger partial charge in [0.1, 0.15) is 0 Å². The highest BCUT2D eigenvalue weighted by molar-refractivity contribution is 6.17. The Hall–Kier alpha value is -2.34. The minimum absolute atomic E-state index is 1.31. The van der Waals surface area contributed by atoms with E-state index in [0.29, 0.717) is 0 Å². The smallest absolute Gasteiger partial charge is 0.00990 e. The molecule has 0 radical (unpaired) electrons. The Morgan fingerprint density at radius 1 is 0.524 bits per heavy atom. The highest BCUT2D eigenvalue weighted by Crippen LogP contribution is 2.31. The van der Waals surface area contributed by atoms with Crippen molar-refractivity contribution in [3.63, 3.8) is 0 Å². The average Bonchev–Trinajstić information content (AvgIpc) is 2.55. The molecule has 0 heteroatoms. The van der Waals surface area contributed by atoms with Crippen LogP contribution in [-0.4, -0.2) is 0 Å². The molecule has 0 fully saturated rings. The average molecular weight is 272 g/mol. The van der Waals surface area contributed by atoms with Crippen molar-refractivity contribution in [2.45, 2.75) is 20.8 Å². The molecular formula is C21H20. The molecular weight excluding hydrogens is 252 g/mol. The summed E-state index contributed by atoms with van der Waals surface area (Å²) in [4.78, 5) is 0. The Bertz CT molecular complexity index is 917. The molecule has 0 saturated carbocycles. The quantitative estimate of drug-likeness (QED) is 0.321. The van der Waals surface area contributed by atoms with Gasteiger partial charge in [0, 0.05) is 0 Å². The molecule has 0 N–H and O–H groups in total. The summed E-state index contributed by atoms with van der Waals surface area (Å²) in [6.45, 7) is 6.14. The first kappa shape index (κ1) is 13.6. The number of fused-ring (bicyclic) bond motifs is 5. The van der Waals surface area contributed by atoms with Crippen LogP contribution in [0.15, 0.2) is 66.7 Å². The lowest BCUT2D eigenvalue weighted by molar-refractivity contribution is 1.50. The van der Waals surface area contributed by atoms with Gasteiger partial charge in [0.2, 0.25) is 0 Å². The molecule has 0 aromatic heterocycles. The lowest BCUT2D eigenvalue weighted by Crippen LogP contribution is -1.81. The normalized spacial score (nSPS) is 10.6. The Balaban J connectivity index is 0.000000636. The second-order valence-electron chi connectivity index (χ2n) is 5.17. The molecule has 21 heavy (non-hydrogen) atoms. The van der Waals surface area contributed by atoms with E-state index < -0.39 is 0 Å². The summed E-state index contributed by atoms with van der Waals surface area (Å²) in [7, 11) is 0. The Labute approximate surface area is 126 Å². The maximum absolute atomic E-state index is 2.25. The zero-order valence-corrected chi connectivity index (χ0v) is 12.9. The molecule has 0 unspecified atom stereocenters. The van der Waals surface area contributed by atoms with Crippen LogP contribution in [0.1, 0.15) is 19.4 Å². The lowest BCUT2D eigenvalue weighted by atomic mass is 9.96. The zero-order valence-electron chi connectivity index (χ0n) is 12.9. The first-order valence-electron chi connectivity index (χ1n) is 7.64. The third-order valence-electron chi connectivity index (χ3n) is 3.90. The van der Waals surface area contributed by atoms with E-state index in [0.717, 1.165) is 0 Å². The van der Waals surface area contributed by atoms with Crippen LogP contribution in [0.2, 0.25) is 0 Å². The standard InChI is InChI=1S/C19H14.C2H6/c1-13-6-9-17-15(12-13)8-11-18-16-5-3-2-4-14(16)7-10-19(17)18;1-2/h2-12H,1H3;1-2H3.